The number of nitrogens with one attached hydrogen (secondary N) is 2. The third kappa shape index (κ3) is 11.6. The number of carbonyl (C=O) groups excluding carboxylic acids is 3. The second kappa shape index (κ2) is 17.7. The highest BCUT2D eigenvalue weighted by Crippen LogP contribution is 2.31. The Morgan fingerprint density at radius 1 is 1.11 bits per heavy atom. The molecule has 0 spiro atoms. The molecular formula is C33H51N5O6S. The molecule has 0 aliphatic heterocycles. The highest BCUT2D eigenvalue weighted by Gasteiger charge is 2.34. The zero-order chi connectivity index (χ0) is 33.7. The zero-order valence-electron chi connectivity index (χ0n) is 27.7. The summed E-state index contributed by atoms with van der Waals surface area (Å²) in [6.45, 7) is 12.0. The molecule has 0 saturated carbocycles. The van der Waals surface area contributed by atoms with Gasteiger partial charge in [0.25, 0.3) is 5.91 Å². The van der Waals surface area contributed by atoms with E-state index in [4.69, 9.17) is 10.5 Å². The van der Waals surface area contributed by atoms with E-state index in [9.17, 15) is 24.3 Å². The fourth-order valence-electron chi connectivity index (χ4n) is 5.17. The summed E-state index contributed by atoms with van der Waals surface area (Å²) in [4.78, 5) is 57.5. The number of carboxylic acid groups (broad SMARTS) is 1. The van der Waals surface area contributed by atoms with E-state index in [2.05, 4.69) is 15.6 Å². The van der Waals surface area contributed by atoms with Crippen molar-refractivity contribution in [2.45, 2.75) is 105 Å². The molecule has 1 aromatic heterocycles. The Kier molecular flexibility index (Phi) is 14.8. The molecule has 3 atom stereocenters. The first-order valence-corrected chi connectivity index (χ1v) is 16.6. The number of nitrogen functional groups attached to an aromatic ring is 1. The molecule has 0 aliphatic rings. The Morgan fingerprint density at radius 3 is 2.33 bits per heavy atom. The van der Waals surface area contributed by atoms with Crippen LogP contribution in [0.2, 0.25) is 0 Å². The van der Waals surface area contributed by atoms with Gasteiger partial charge in [0.05, 0.1) is 5.41 Å². The average Bonchev–Trinajstić information content (AvgIpc) is 3.48. The maximum atomic E-state index is 13.5. The summed E-state index contributed by atoms with van der Waals surface area (Å²) >= 11 is 1.20. The summed E-state index contributed by atoms with van der Waals surface area (Å²) in [7, 11) is 1.47. The van der Waals surface area contributed by atoms with Gasteiger partial charge in [0.2, 0.25) is 5.91 Å². The molecule has 250 valence electrons. The number of anilines is 1. The van der Waals surface area contributed by atoms with E-state index in [1.807, 2.05) is 44.7 Å². The number of aromatic nitrogens is 1. The summed E-state index contributed by atoms with van der Waals surface area (Å²) in [6, 6.07) is 6.51. The highest BCUT2D eigenvalue weighted by molar-refractivity contribution is 7.09. The number of hydrogen-bond acceptors (Lipinski definition) is 8. The number of ether oxygens (including phenoxy) is 1. The van der Waals surface area contributed by atoms with Gasteiger partial charge in [-0.25, -0.2) is 9.78 Å². The van der Waals surface area contributed by atoms with Gasteiger partial charge in [-0.15, -0.1) is 11.3 Å². The Morgan fingerprint density at radius 2 is 1.78 bits per heavy atom. The largest absolute Gasteiger partial charge is 0.481 e. The van der Waals surface area contributed by atoms with Crippen LogP contribution in [-0.2, 0) is 20.7 Å². The van der Waals surface area contributed by atoms with Gasteiger partial charge in [-0.05, 0) is 63.1 Å². The molecule has 45 heavy (non-hydrogen) atoms. The van der Waals surface area contributed by atoms with E-state index in [1.54, 1.807) is 31.4 Å². The van der Waals surface area contributed by atoms with E-state index in [-0.39, 0.29) is 30.0 Å². The Labute approximate surface area is 271 Å². The second-order valence-corrected chi connectivity index (χ2v) is 13.4. The van der Waals surface area contributed by atoms with Gasteiger partial charge in [0.15, 0.2) is 6.10 Å². The molecular weight excluding hydrogens is 594 g/mol. The summed E-state index contributed by atoms with van der Waals surface area (Å²) in [5.74, 6) is -1.27. The van der Waals surface area contributed by atoms with Crippen LogP contribution < -0.4 is 16.4 Å². The zero-order valence-corrected chi connectivity index (χ0v) is 28.5. The lowest BCUT2D eigenvalue weighted by atomic mass is 9.84. The minimum absolute atomic E-state index is 0.0757. The Hall–Kier alpha value is -3.67. The van der Waals surface area contributed by atoms with E-state index in [0.717, 1.165) is 24.8 Å². The summed E-state index contributed by atoms with van der Waals surface area (Å²) in [6.07, 6.45) is 2.45. The van der Waals surface area contributed by atoms with Gasteiger partial charge in [0.1, 0.15) is 10.7 Å². The molecule has 0 bridgehead atoms. The first-order chi connectivity index (χ1) is 21.2. The molecule has 1 heterocycles. The minimum atomic E-state index is -1.09. The lowest BCUT2D eigenvalue weighted by molar-refractivity contribution is -0.147. The highest BCUT2D eigenvalue weighted by atomic mass is 32.1. The number of aliphatic carboxylic acids is 1. The van der Waals surface area contributed by atoms with Crippen LogP contribution in [0.1, 0.15) is 107 Å². The van der Waals surface area contributed by atoms with Gasteiger partial charge in [-0.2, -0.15) is 0 Å². The molecule has 0 fully saturated rings. The standard InChI is InChI=1S/C33H51N5O6S/c1-8-10-11-28(39)38(16-9-2)26(21(3)4)18-27(44-32(43)35-7)30-37-25(20-45-30)29(40)36-24(19-33(5,6)31(41)42)17-22-12-14-23(34)15-13-22/h12-15,20-21,24,26-27H,8-11,16-19,34H2,1-7H3,(H,35,43)(H,36,40)(H,41,42). The van der Waals surface area contributed by atoms with Crippen LogP contribution in [-0.4, -0.2) is 64.5 Å². The van der Waals surface area contributed by atoms with Crippen LogP contribution >= 0.6 is 11.3 Å². The molecule has 0 aliphatic carbocycles. The molecule has 0 radical (unpaired) electrons. The number of thiazole rings is 1. The Balaban J connectivity index is 2.35. The minimum Gasteiger partial charge on any atom is -0.481 e. The molecule has 5 N–H and O–H groups in total. The van der Waals surface area contributed by atoms with Crippen molar-refractivity contribution >= 4 is 40.9 Å². The quantitative estimate of drug-likeness (QED) is 0.148. The number of amides is 3. The molecule has 2 aromatic rings. The van der Waals surface area contributed by atoms with Crippen LogP contribution in [0.25, 0.3) is 0 Å². The van der Waals surface area contributed by atoms with E-state index in [0.29, 0.717) is 36.5 Å². The van der Waals surface area contributed by atoms with Gasteiger partial charge >= 0.3 is 12.1 Å². The first-order valence-electron chi connectivity index (χ1n) is 15.7. The van der Waals surface area contributed by atoms with E-state index in [1.165, 1.54) is 18.4 Å². The molecule has 0 saturated heterocycles. The van der Waals surface area contributed by atoms with E-state index >= 15 is 0 Å². The number of hydrogen-bond donors (Lipinski definition) is 4. The van der Waals surface area contributed by atoms with Gasteiger partial charge in [0, 0.05) is 49.6 Å². The number of carboxylic acids is 1. The van der Waals surface area contributed by atoms with Crippen molar-refractivity contribution in [1.82, 2.24) is 20.5 Å². The molecule has 11 nitrogen and oxygen atoms in total. The number of unbranched alkanes of at least 4 members (excludes halogenated alkanes) is 1. The number of nitrogens with two attached hydrogens (primary N) is 1. The molecule has 3 unspecified atom stereocenters. The maximum Gasteiger partial charge on any atom is 0.407 e. The molecule has 1 aromatic carbocycles. The van der Waals surface area contributed by atoms with Crippen LogP contribution in [0.5, 0.6) is 0 Å². The lowest BCUT2D eigenvalue weighted by Gasteiger charge is -2.36. The van der Waals surface area contributed by atoms with Crippen molar-refractivity contribution in [1.29, 1.82) is 0 Å². The fourth-order valence-corrected chi connectivity index (χ4v) is 6.01. The van der Waals surface area contributed by atoms with Gasteiger partial charge < -0.3 is 31.1 Å². The first kappa shape index (κ1) is 37.5. The maximum absolute atomic E-state index is 13.5. The van der Waals surface area contributed by atoms with Crippen LogP contribution in [0.4, 0.5) is 10.5 Å². The predicted molar refractivity (Wildman–Crippen MR) is 177 cm³/mol. The summed E-state index contributed by atoms with van der Waals surface area (Å²) < 4.78 is 5.76. The molecule has 12 heteroatoms. The monoisotopic (exact) mass is 645 g/mol. The van der Waals surface area contributed by atoms with Gasteiger partial charge in [-0.3, -0.25) is 14.4 Å². The number of rotatable bonds is 18. The van der Waals surface area contributed by atoms with Crippen molar-refractivity contribution < 1.29 is 29.0 Å². The average molecular weight is 646 g/mol. The normalized spacial score (nSPS) is 13.5. The predicted octanol–water partition coefficient (Wildman–Crippen LogP) is 5.81. The number of alkyl carbamates (subject to hydrolysis) is 1. The van der Waals surface area contributed by atoms with Crippen molar-refractivity contribution in [2.24, 2.45) is 11.3 Å². The van der Waals surface area contributed by atoms with Crippen molar-refractivity contribution in [3.8, 4) is 0 Å². The number of benzene rings is 1. The van der Waals surface area contributed by atoms with Crippen molar-refractivity contribution in [2.75, 3.05) is 19.3 Å². The molecule has 3 amide bonds. The van der Waals surface area contributed by atoms with Crippen molar-refractivity contribution in [3.63, 3.8) is 0 Å². The summed E-state index contributed by atoms with van der Waals surface area (Å²) in [5, 5.41) is 17.3. The lowest BCUT2D eigenvalue weighted by Crippen LogP contribution is -2.45. The second-order valence-electron chi connectivity index (χ2n) is 12.5. The Bertz CT molecular complexity index is 1260. The fraction of sp³-hybridized carbons (Fsp3) is 0.606. The number of carbonyl (C=O) groups is 4. The number of nitrogens with zero attached hydrogens (tertiary/aromatic N) is 2. The van der Waals surface area contributed by atoms with Crippen LogP contribution in [0.15, 0.2) is 29.6 Å². The van der Waals surface area contributed by atoms with Gasteiger partial charge in [-0.1, -0.05) is 46.2 Å². The smallest absolute Gasteiger partial charge is 0.407 e. The van der Waals surface area contributed by atoms with E-state index < -0.39 is 35.5 Å². The van der Waals surface area contributed by atoms with Crippen LogP contribution in [0.3, 0.4) is 0 Å². The third-order valence-electron chi connectivity index (χ3n) is 7.77. The van der Waals surface area contributed by atoms with Crippen molar-refractivity contribution in [3.05, 3.63) is 45.9 Å². The topological polar surface area (TPSA) is 164 Å². The van der Waals surface area contributed by atoms with Crippen LogP contribution in [0, 0.1) is 11.3 Å². The third-order valence-corrected chi connectivity index (χ3v) is 8.71. The SMILES string of the molecule is CCCCC(=O)N(CCC)C(CC(OC(=O)NC)c1nc(C(=O)NC(Cc2ccc(N)cc2)CC(C)(C)C(=O)O)cs1)C(C)C. The molecule has 2 rings (SSSR count). The summed E-state index contributed by atoms with van der Waals surface area (Å²) in [5.41, 5.74) is 6.39.